The van der Waals surface area contributed by atoms with Gasteiger partial charge in [0.1, 0.15) is 0 Å². The number of sulfone groups is 1. The third-order valence-corrected chi connectivity index (χ3v) is 3.96. The van der Waals surface area contributed by atoms with Crippen LogP contribution in [0.5, 0.6) is 0 Å². The van der Waals surface area contributed by atoms with Crippen molar-refractivity contribution in [1.29, 1.82) is 0 Å². The average molecular weight is 295 g/mol. The van der Waals surface area contributed by atoms with Crippen LogP contribution in [0.25, 0.3) is 0 Å². The molecule has 0 unspecified atom stereocenters. The number of hydrogen-bond donors (Lipinski definition) is 3. The highest BCUT2D eigenvalue weighted by molar-refractivity contribution is 7.91. The summed E-state index contributed by atoms with van der Waals surface area (Å²) >= 11 is 0. The van der Waals surface area contributed by atoms with E-state index in [4.69, 9.17) is 10.2 Å². The van der Waals surface area contributed by atoms with Crippen molar-refractivity contribution < 1.29 is 27.4 Å². The van der Waals surface area contributed by atoms with E-state index in [1.807, 2.05) is 0 Å². The molecule has 108 valence electrons. The van der Waals surface area contributed by atoms with Gasteiger partial charge in [0.15, 0.2) is 0 Å². The molecule has 1 aromatic carbocycles. The van der Waals surface area contributed by atoms with Crippen LogP contribution in [-0.4, -0.2) is 43.1 Å². The van der Waals surface area contributed by atoms with E-state index < -0.39 is 26.0 Å². The quantitative estimate of drug-likeness (QED) is 0.724. The molecule has 0 atom stereocenters. The van der Waals surface area contributed by atoms with Gasteiger partial charge in [-0.25, -0.2) is 8.42 Å². The first kappa shape index (κ1) is 15.8. The molecular weight excluding hydrogens is 280 g/mol. The third-order valence-electron chi connectivity index (χ3n) is 2.56. The summed E-state index contributed by atoms with van der Waals surface area (Å²) in [4.78, 5) is -0.484. The zero-order valence-corrected chi connectivity index (χ0v) is 11.0. The highest BCUT2D eigenvalue weighted by Gasteiger charge is 2.27. The molecule has 0 bridgehead atoms. The van der Waals surface area contributed by atoms with E-state index in [1.54, 1.807) is 6.92 Å². The molecule has 0 spiro atoms. The molecule has 3 N–H and O–H groups in total. The topological polar surface area (TPSA) is 86.6 Å². The number of halogens is 2. The van der Waals surface area contributed by atoms with Gasteiger partial charge in [-0.05, 0) is 31.2 Å². The molecule has 0 fully saturated rings. The van der Waals surface area contributed by atoms with E-state index in [0.29, 0.717) is 5.69 Å². The van der Waals surface area contributed by atoms with Crippen LogP contribution in [0.1, 0.15) is 6.92 Å². The Balaban J connectivity index is 2.95. The number of rotatable bonds is 6. The van der Waals surface area contributed by atoms with E-state index >= 15 is 0 Å². The maximum absolute atomic E-state index is 12.3. The molecule has 19 heavy (non-hydrogen) atoms. The SMILES string of the molecule is CC(CO)(CO)Nc1ccc(S(=O)(=O)C(F)F)cc1. The van der Waals surface area contributed by atoms with Crippen LogP contribution in [0.3, 0.4) is 0 Å². The predicted molar refractivity (Wildman–Crippen MR) is 65.8 cm³/mol. The predicted octanol–water partition coefficient (Wildman–Crippen LogP) is 0.838. The second-order valence-corrected chi connectivity index (χ2v) is 6.25. The van der Waals surface area contributed by atoms with Crippen LogP contribution in [0.2, 0.25) is 0 Å². The lowest BCUT2D eigenvalue weighted by atomic mass is 10.1. The largest absolute Gasteiger partial charge is 0.394 e. The Bertz CT molecular complexity index is 512. The second kappa shape index (κ2) is 5.81. The maximum Gasteiger partial charge on any atom is 0.341 e. The van der Waals surface area contributed by atoms with E-state index in [1.165, 1.54) is 12.1 Å². The standard InChI is InChI=1S/C11H15F2NO4S/c1-11(6-15,7-16)14-8-2-4-9(5-3-8)19(17,18)10(12)13/h2-5,10,14-16H,6-7H2,1H3. The zero-order valence-electron chi connectivity index (χ0n) is 10.2. The van der Waals surface area contributed by atoms with Gasteiger partial charge in [-0.15, -0.1) is 0 Å². The molecule has 1 rings (SSSR count). The minimum Gasteiger partial charge on any atom is -0.394 e. The lowest BCUT2D eigenvalue weighted by Gasteiger charge is -2.27. The number of nitrogens with one attached hydrogen (secondary N) is 1. The molecule has 0 heterocycles. The van der Waals surface area contributed by atoms with Crippen molar-refractivity contribution in [3.8, 4) is 0 Å². The Morgan fingerprint density at radius 1 is 1.21 bits per heavy atom. The fourth-order valence-electron chi connectivity index (χ4n) is 1.31. The molecule has 0 radical (unpaired) electrons. The summed E-state index contributed by atoms with van der Waals surface area (Å²) in [6.07, 6.45) is 0. The van der Waals surface area contributed by atoms with Gasteiger partial charge in [0.2, 0.25) is 9.84 Å². The van der Waals surface area contributed by atoms with E-state index in [0.717, 1.165) is 12.1 Å². The van der Waals surface area contributed by atoms with E-state index in [2.05, 4.69) is 5.32 Å². The molecule has 0 saturated heterocycles. The summed E-state index contributed by atoms with van der Waals surface area (Å²) in [5.41, 5.74) is -0.581. The van der Waals surface area contributed by atoms with Crippen LogP contribution >= 0.6 is 0 Å². The first-order valence-corrected chi connectivity index (χ1v) is 6.92. The third kappa shape index (κ3) is 3.62. The molecular formula is C11H15F2NO4S. The van der Waals surface area contributed by atoms with E-state index in [-0.39, 0.29) is 13.2 Å². The molecule has 1 aromatic rings. The Hall–Kier alpha value is -1.25. The van der Waals surface area contributed by atoms with Gasteiger partial charge < -0.3 is 15.5 Å². The Morgan fingerprint density at radius 2 is 1.68 bits per heavy atom. The zero-order chi connectivity index (χ0) is 14.7. The van der Waals surface area contributed by atoms with Crippen LogP contribution in [0.4, 0.5) is 14.5 Å². The summed E-state index contributed by atoms with van der Waals surface area (Å²) < 4.78 is 47.0. The number of hydrogen-bond acceptors (Lipinski definition) is 5. The van der Waals surface area contributed by atoms with Crippen molar-refractivity contribution in [2.24, 2.45) is 0 Å². The number of aliphatic hydroxyl groups is 2. The minimum absolute atomic E-state index is 0.347. The molecule has 0 aromatic heterocycles. The summed E-state index contributed by atoms with van der Waals surface area (Å²) in [7, 11) is -4.61. The van der Waals surface area contributed by atoms with Crippen molar-refractivity contribution in [2.45, 2.75) is 23.1 Å². The van der Waals surface area contributed by atoms with Crippen molar-refractivity contribution in [3.05, 3.63) is 24.3 Å². The Kier molecular flexibility index (Phi) is 4.83. The Labute approximate surface area is 109 Å². The van der Waals surface area contributed by atoms with Gasteiger partial charge in [-0.3, -0.25) is 0 Å². The van der Waals surface area contributed by atoms with Crippen LogP contribution in [0, 0.1) is 0 Å². The lowest BCUT2D eigenvalue weighted by Crippen LogP contribution is -2.42. The molecule has 0 saturated carbocycles. The number of anilines is 1. The normalized spacial score (nSPS) is 12.7. The molecule has 0 amide bonds. The highest BCUT2D eigenvalue weighted by Crippen LogP contribution is 2.21. The first-order valence-electron chi connectivity index (χ1n) is 5.37. The van der Waals surface area contributed by atoms with Crippen LogP contribution in [-0.2, 0) is 9.84 Å². The van der Waals surface area contributed by atoms with Crippen molar-refractivity contribution >= 4 is 15.5 Å². The Morgan fingerprint density at radius 3 is 2.05 bits per heavy atom. The van der Waals surface area contributed by atoms with Crippen LogP contribution < -0.4 is 5.32 Å². The fourth-order valence-corrected chi connectivity index (χ4v) is 2.03. The van der Waals surface area contributed by atoms with Gasteiger partial charge in [-0.2, -0.15) is 8.78 Å². The summed E-state index contributed by atoms with van der Waals surface area (Å²) in [6.45, 7) is 0.859. The van der Waals surface area contributed by atoms with Gasteiger partial charge in [0.25, 0.3) is 0 Å². The van der Waals surface area contributed by atoms with Crippen LogP contribution in [0.15, 0.2) is 29.2 Å². The molecule has 5 nitrogen and oxygen atoms in total. The summed E-state index contributed by atoms with van der Waals surface area (Å²) in [5.74, 6) is -3.47. The summed E-state index contributed by atoms with van der Waals surface area (Å²) in [5, 5.41) is 21.0. The average Bonchev–Trinajstić information content (AvgIpc) is 2.39. The van der Waals surface area contributed by atoms with Crippen molar-refractivity contribution in [2.75, 3.05) is 18.5 Å². The molecule has 0 aliphatic carbocycles. The van der Waals surface area contributed by atoms with Crippen molar-refractivity contribution in [1.82, 2.24) is 0 Å². The maximum atomic E-state index is 12.3. The van der Waals surface area contributed by atoms with Gasteiger partial charge >= 0.3 is 5.76 Å². The fraction of sp³-hybridized carbons (Fsp3) is 0.455. The molecule has 0 aliphatic rings. The number of aliphatic hydroxyl groups excluding tert-OH is 2. The van der Waals surface area contributed by atoms with Gasteiger partial charge in [-0.1, -0.05) is 0 Å². The smallest absolute Gasteiger partial charge is 0.341 e. The summed E-state index contributed by atoms with van der Waals surface area (Å²) in [6, 6.07) is 4.66. The van der Waals surface area contributed by atoms with E-state index in [9.17, 15) is 17.2 Å². The van der Waals surface area contributed by atoms with Crippen molar-refractivity contribution in [3.63, 3.8) is 0 Å². The second-order valence-electron chi connectivity index (χ2n) is 4.33. The number of benzene rings is 1. The molecule has 8 heteroatoms. The number of alkyl halides is 2. The highest BCUT2D eigenvalue weighted by atomic mass is 32.2. The first-order chi connectivity index (χ1) is 8.75. The minimum atomic E-state index is -4.61. The molecule has 0 aliphatic heterocycles. The van der Waals surface area contributed by atoms with Gasteiger partial charge in [0, 0.05) is 5.69 Å². The lowest BCUT2D eigenvalue weighted by molar-refractivity contribution is 0.147. The van der Waals surface area contributed by atoms with Gasteiger partial charge in [0.05, 0.1) is 23.6 Å². The monoisotopic (exact) mass is 295 g/mol.